The van der Waals surface area contributed by atoms with Crippen LogP contribution < -0.4 is 4.74 Å². The Hall–Kier alpha value is -2.88. The Morgan fingerprint density at radius 3 is 2.21 bits per heavy atom. The van der Waals surface area contributed by atoms with Crippen molar-refractivity contribution in [3.63, 3.8) is 0 Å². The first-order valence-corrected chi connectivity index (χ1v) is 12.3. The molecule has 0 aliphatic carbocycles. The SMILES string of the molecule is CC(Oc1ccc2c(-c3c(C(C)C)cccc3C(C)C)ccnc2c1)C(=O)N1CCCCC1. The molecule has 0 spiro atoms. The Balaban J connectivity index is 1.68. The molecular weight excluding hydrogens is 408 g/mol. The zero-order valence-corrected chi connectivity index (χ0v) is 20.6. The number of rotatable bonds is 6. The number of piperidine rings is 1. The molecule has 4 rings (SSSR count). The summed E-state index contributed by atoms with van der Waals surface area (Å²) in [7, 11) is 0. The lowest BCUT2D eigenvalue weighted by Gasteiger charge is -2.29. The molecule has 0 bridgehead atoms. The van der Waals surface area contributed by atoms with Crippen molar-refractivity contribution in [2.24, 2.45) is 0 Å². The number of hydrogen-bond acceptors (Lipinski definition) is 3. The topological polar surface area (TPSA) is 42.4 Å². The van der Waals surface area contributed by atoms with Crippen molar-refractivity contribution in [2.45, 2.75) is 71.8 Å². The zero-order chi connectivity index (χ0) is 23.5. The van der Waals surface area contributed by atoms with E-state index >= 15 is 0 Å². The number of ether oxygens (including phenoxy) is 1. The van der Waals surface area contributed by atoms with E-state index in [4.69, 9.17) is 4.74 Å². The number of benzene rings is 2. The van der Waals surface area contributed by atoms with Crippen molar-refractivity contribution in [1.29, 1.82) is 0 Å². The molecule has 174 valence electrons. The molecule has 4 nitrogen and oxygen atoms in total. The molecule has 0 saturated carbocycles. The predicted molar refractivity (Wildman–Crippen MR) is 136 cm³/mol. The average molecular weight is 445 g/mol. The maximum absolute atomic E-state index is 12.8. The molecule has 3 aromatic rings. The minimum atomic E-state index is -0.502. The van der Waals surface area contributed by atoms with Crippen molar-refractivity contribution < 1.29 is 9.53 Å². The van der Waals surface area contributed by atoms with E-state index in [1.807, 2.05) is 30.2 Å². The molecule has 0 N–H and O–H groups in total. The number of fused-ring (bicyclic) bond motifs is 1. The summed E-state index contributed by atoms with van der Waals surface area (Å²) in [5, 5.41) is 1.11. The van der Waals surface area contributed by atoms with Gasteiger partial charge in [0.2, 0.25) is 0 Å². The molecule has 1 amide bonds. The first-order valence-electron chi connectivity index (χ1n) is 12.3. The van der Waals surface area contributed by atoms with Crippen LogP contribution >= 0.6 is 0 Å². The second kappa shape index (κ2) is 9.94. The van der Waals surface area contributed by atoms with Gasteiger partial charge in [0.1, 0.15) is 5.75 Å². The Morgan fingerprint density at radius 2 is 1.58 bits per heavy atom. The molecule has 1 unspecified atom stereocenters. The second-order valence-electron chi connectivity index (χ2n) is 9.80. The van der Waals surface area contributed by atoms with Crippen LogP contribution in [0, 0.1) is 0 Å². The van der Waals surface area contributed by atoms with E-state index in [0.717, 1.165) is 36.8 Å². The van der Waals surface area contributed by atoms with Gasteiger partial charge < -0.3 is 9.64 Å². The number of aromatic nitrogens is 1. The second-order valence-corrected chi connectivity index (χ2v) is 9.80. The Kier molecular flexibility index (Phi) is 7.02. The van der Waals surface area contributed by atoms with Gasteiger partial charge in [-0.15, -0.1) is 0 Å². The average Bonchev–Trinajstić information content (AvgIpc) is 2.83. The van der Waals surface area contributed by atoms with Gasteiger partial charge in [0.15, 0.2) is 6.10 Å². The van der Waals surface area contributed by atoms with Crippen LogP contribution in [0.25, 0.3) is 22.0 Å². The van der Waals surface area contributed by atoms with Gasteiger partial charge in [-0.25, -0.2) is 0 Å². The Bertz CT molecular complexity index is 1100. The maximum atomic E-state index is 12.8. The van der Waals surface area contributed by atoms with Crippen LogP contribution in [0.15, 0.2) is 48.7 Å². The van der Waals surface area contributed by atoms with E-state index in [0.29, 0.717) is 17.6 Å². The summed E-state index contributed by atoms with van der Waals surface area (Å²) in [6.07, 6.45) is 4.74. The number of pyridine rings is 1. The van der Waals surface area contributed by atoms with Gasteiger partial charge >= 0.3 is 0 Å². The zero-order valence-electron chi connectivity index (χ0n) is 20.6. The van der Waals surface area contributed by atoms with Crippen LogP contribution in [0.3, 0.4) is 0 Å². The monoisotopic (exact) mass is 444 g/mol. The van der Waals surface area contributed by atoms with Crippen LogP contribution in [0.1, 0.15) is 76.8 Å². The van der Waals surface area contributed by atoms with Crippen LogP contribution in [0.5, 0.6) is 5.75 Å². The van der Waals surface area contributed by atoms with Gasteiger partial charge in [-0.2, -0.15) is 0 Å². The summed E-state index contributed by atoms with van der Waals surface area (Å²) in [6.45, 7) is 12.5. The number of nitrogens with zero attached hydrogens (tertiary/aromatic N) is 2. The molecule has 0 radical (unpaired) electrons. The highest BCUT2D eigenvalue weighted by molar-refractivity contribution is 5.97. The fourth-order valence-corrected chi connectivity index (χ4v) is 4.91. The van der Waals surface area contributed by atoms with E-state index < -0.39 is 6.10 Å². The van der Waals surface area contributed by atoms with Crippen molar-refractivity contribution in [1.82, 2.24) is 9.88 Å². The quantitative estimate of drug-likeness (QED) is 0.414. The molecular formula is C29H36N2O2. The number of carbonyl (C=O) groups is 1. The first-order chi connectivity index (χ1) is 15.9. The summed E-state index contributed by atoms with van der Waals surface area (Å²) in [4.78, 5) is 19.4. The third-order valence-electron chi connectivity index (χ3n) is 6.68. The summed E-state index contributed by atoms with van der Waals surface area (Å²) < 4.78 is 6.08. The van der Waals surface area contributed by atoms with Gasteiger partial charge in [0, 0.05) is 30.7 Å². The van der Waals surface area contributed by atoms with Gasteiger partial charge in [-0.3, -0.25) is 9.78 Å². The van der Waals surface area contributed by atoms with E-state index in [9.17, 15) is 4.79 Å². The third-order valence-corrected chi connectivity index (χ3v) is 6.68. The van der Waals surface area contributed by atoms with Crippen LogP contribution in [-0.4, -0.2) is 35.0 Å². The maximum Gasteiger partial charge on any atom is 0.263 e. The van der Waals surface area contributed by atoms with Crippen molar-refractivity contribution >= 4 is 16.8 Å². The molecule has 1 fully saturated rings. The lowest BCUT2D eigenvalue weighted by molar-refractivity contribution is -0.138. The molecule has 1 atom stereocenters. The van der Waals surface area contributed by atoms with Crippen molar-refractivity contribution in [2.75, 3.05) is 13.1 Å². The fraction of sp³-hybridized carbons (Fsp3) is 0.448. The normalized spacial score (nSPS) is 15.3. The highest BCUT2D eigenvalue weighted by atomic mass is 16.5. The first kappa shape index (κ1) is 23.3. The molecule has 2 aromatic carbocycles. The molecule has 2 heterocycles. The summed E-state index contributed by atoms with van der Waals surface area (Å²) in [5.74, 6) is 1.60. The molecule has 1 aromatic heterocycles. The summed E-state index contributed by atoms with van der Waals surface area (Å²) in [5.41, 5.74) is 6.12. The van der Waals surface area contributed by atoms with Crippen molar-refractivity contribution in [3.05, 3.63) is 59.8 Å². The minimum Gasteiger partial charge on any atom is -0.481 e. The number of carbonyl (C=O) groups excluding carboxylic acids is 1. The Morgan fingerprint density at radius 1 is 0.909 bits per heavy atom. The number of amides is 1. The van der Waals surface area contributed by atoms with Crippen LogP contribution in [-0.2, 0) is 4.79 Å². The molecule has 1 saturated heterocycles. The predicted octanol–water partition coefficient (Wildman–Crippen LogP) is 6.93. The van der Waals surface area contributed by atoms with Crippen molar-refractivity contribution in [3.8, 4) is 16.9 Å². The standard InChI is InChI=1S/C29H36N2O2/c1-19(2)23-10-9-11-24(20(3)4)28(23)26-14-15-30-27-18-22(12-13-25(26)27)33-21(5)29(32)31-16-7-6-8-17-31/h9-15,18-21H,6-8,16-17H2,1-5H3. The van der Waals surface area contributed by atoms with Crippen LogP contribution in [0.2, 0.25) is 0 Å². The molecule has 33 heavy (non-hydrogen) atoms. The fourth-order valence-electron chi connectivity index (χ4n) is 4.91. The smallest absolute Gasteiger partial charge is 0.263 e. The number of likely N-dealkylation sites (tertiary alicyclic amines) is 1. The van der Waals surface area contributed by atoms with Gasteiger partial charge in [0.25, 0.3) is 5.91 Å². The highest BCUT2D eigenvalue weighted by Crippen LogP contribution is 2.39. The Labute approximate surface area is 198 Å². The van der Waals surface area contributed by atoms with Gasteiger partial charge in [0.05, 0.1) is 5.52 Å². The largest absolute Gasteiger partial charge is 0.481 e. The minimum absolute atomic E-state index is 0.0731. The van der Waals surface area contributed by atoms with E-state index in [-0.39, 0.29) is 5.91 Å². The van der Waals surface area contributed by atoms with E-state index in [2.05, 4.69) is 63.0 Å². The summed E-state index contributed by atoms with van der Waals surface area (Å²) in [6, 6.07) is 14.8. The molecule has 1 aliphatic rings. The van der Waals surface area contributed by atoms with Gasteiger partial charge in [-0.05, 0) is 78.5 Å². The number of hydrogen-bond donors (Lipinski definition) is 0. The van der Waals surface area contributed by atoms with E-state index in [1.165, 1.54) is 28.7 Å². The molecule has 1 aliphatic heterocycles. The lowest BCUT2D eigenvalue weighted by atomic mass is 9.84. The highest BCUT2D eigenvalue weighted by Gasteiger charge is 2.24. The molecule has 4 heteroatoms. The third kappa shape index (κ3) is 4.90. The van der Waals surface area contributed by atoms with E-state index in [1.54, 1.807) is 0 Å². The van der Waals surface area contributed by atoms with Crippen LogP contribution in [0.4, 0.5) is 0 Å². The lowest BCUT2D eigenvalue weighted by Crippen LogP contribution is -2.43. The summed E-state index contributed by atoms with van der Waals surface area (Å²) >= 11 is 0. The van der Waals surface area contributed by atoms with Gasteiger partial charge in [-0.1, -0.05) is 45.9 Å².